The number of carboxylic acids is 1. The molecule has 0 fully saturated rings. The molecule has 0 saturated carbocycles. The minimum Gasteiger partial charge on any atom is -0.480 e. The van der Waals surface area contributed by atoms with Crippen LogP contribution >= 0.6 is 0 Å². The van der Waals surface area contributed by atoms with E-state index in [1.165, 1.54) is 6.92 Å². The standard InChI is InChI=1S/C4H9NO3.Au/c1-2(6)3(5)4(7)8;/h2-3,6H,5H2,1H3,(H,7,8);/t2-,3+;/m1./s1. The summed E-state index contributed by atoms with van der Waals surface area (Å²) < 4.78 is 0. The second kappa shape index (κ2) is 4.96. The smallest absolute Gasteiger partial charge is 0.323 e. The Kier molecular flexibility index (Phi) is 6.54. The van der Waals surface area contributed by atoms with Crippen LogP contribution in [0.4, 0.5) is 0 Å². The van der Waals surface area contributed by atoms with Gasteiger partial charge in [0.25, 0.3) is 0 Å². The first-order chi connectivity index (χ1) is 3.55. The van der Waals surface area contributed by atoms with Crippen LogP contribution in [0.2, 0.25) is 0 Å². The molecule has 5 heteroatoms. The number of aliphatic hydroxyl groups excluding tert-OH is 1. The third kappa shape index (κ3) is 4.62. The Bertz CT molecular complexity index is 95.8. The van der Waals surface area contributed by atoms with Crippen LogP contribution in [0.3, 0.4) is 0 Å². The summed E-state index contributed by atoms with van der Waals surface area (Å²) in [5.41, 5.74) is 4.91. The van der Waals surface area contributed by atoms with Crippen LogP contribution < -0.4 is 5.73 Å². The molecule has 4 N–H and O–H groups in total. The van der Waals surface area contributed by atoms with Crippen LogP contribution in [0.15, 0.2) is 0 Å². The summed E-state index contributed by atoms with van der Waals surface area (Å²) >= 11 is 0. The van der Waals surface area contributed by atoms with Crippen LogP contribution in [-0.4, -0.2) is 28.3 Å². The molecule has 2 atom stereocenters. The molecule has 0 saturated heterocycles. The average Bonchev–Trinajstić information content (AvgIpc) is 1.64. The quantitative estimate of drug-likeness (QED) is 0.558. The van der Waals surface area contributed by atoms with Gasteiger partial charge in [0, 0.05) is 22.4 Å². The summed E-state index contributed by atoms with van der Waals surface area (Å²) in [6.07, 6.45) is -0.979. The van der Waals surface area contributed by atoms with Crippen LogP contribution in [0.1, 0.15) is 6.92 Å². The van der Waals surface area contributed by atoms with E-state index in [0.29, 0.717) is 0 Å². The molecular formula is C4H9AuNO3. The molecule has 1 radical (unpaired) electrons. The largest absolute Gasteiger partial charge is 0.480 e. The van der Waals surface area contributed by atoms with Crippen molar-refractivity contribution < 1.29 is 37.4 Å². The van der Waals surface area contributed by atoms with Gasteiger partial charge in [0.05, 0.1) is 6.10 Å². The SMILES string of the molecule is C[C@@H](O)[C@H](N)C(=O)O.[Au]. The average molecular weight is 316 g/mol. The van der Waals surface area contributed by atoms with Gasteiger partial charge in [0.2, 0.25) is 0 Å². The zero-order valence-electron chi connectivity index (χ0n) is 4.84. The van der Waals surface area contributed by atoms with Crippen LogP contribution in [0, 0.1) is 0 Å². The molecule has 0 unspecified atom stereocenters. The number of aliphatic hydroxyl groups is 1. The number of carbonyl (C=O) groups is 1. The molecule has 0 aromatic rings. The van der Waals surface area contributed by atoms with E-state index in [1.54, 1.807) is 0 Å². The summed E-state index contributed by atoms with van der Waals surface area (Å²) in [6.45, 7) is 1.33. The van der Waals surface area contributed by atoms with Gasteiger partial charge in [0.1, 0.15) is 6.04 Å². The van der Waals surface area contributed by atoms with E-state index in [4.69, 9.17) is 15.9 Å². The molecule has 0 rings (SSSR count). The Labute approximate surface area is 68.6 Å². The fourth-order valence-electron chi connectivity index (χ4n) is 0.206. The van der Waals surface area contributed by atoms with Crippen molar-refractivity contribution in [2.45, 2.75) is 19.1 Å². The van der Waals surface area contributed by atoms with Gasteiger partial charge in [-0.3, -0.25) is 4.79 Å². The van der Waals surface area contributed by atoms with Gasteiger partial charge in [-0.05, 0) is 6.92 Å². The Morgan fingerprint density at radius 3 is 2.00 bits per heavy atom. The van der Waals surface area contributed by atoms with E-state index in [0.717, 1.165) is 0 Å². The van der Waals surface area contributed by atoms with Crippen molar-refractivity contribution in [1.82, 2.24) is 0 Å². The second-order valence-electron chi connectivity index (χ2n) is 1.60. The topological polar surface area (TPSA) is 83.5 Å². The first kappa shape index (κ1) is 11.9. The molecule has 0 aromatic heterocycles. The van der Waals surface area contributed by atoms with E-state index in [2.05, 4.69) is 0 Å². The van der Waals surface area contributed by atoms with Crippen LogP contribution in [-0.2, 0) is 27.2 Å². The normalized spacial score (nSPS) is 15.4. The van der Waals surface area contributed by atoms with Gasteiger partial charge < -0.3 is 15.9 Å². The minimum atomic E-state index is -1.18. The number of aliphatic carboxylic acids is 1. The number of hydrogen-bond acceptors (Lipinski definition) is 3. The van der Waals surface area contributed by atoms with Gasteiger partial charge in [-0.1, -0.05) is 0 Å². The summed E-state index contributed by atoms with van der Waals surface area (Å²) in [6, 6.07) is -1.16. The summed E-state index contributed by atoms with van der Waals surface area (Å²) in [5, 5.41) is 16.6. The second-order valence-corrected chi connectivity index (χ2v) is 1.60. The molecule has 0 spiro atoms. The molecule has 9 heavy (non-hydrogen) atoms. The van der Waals surface area contributed by atoms with Crippen molar-refractivity contribution in [3.05, 3.63) is 0 Å². The van der Waals surface area contributed by atoms with Crippen molar-refractivity contribution in [3.63, 3.8) is 0 Å². The zero-order chi connectivity index (χ0) is 6.73. The fraction of sp³-hybridized carbons (Fsp3) is 0.750. The van der Waals surface area contributed by atoms with Crippen LogP contribution in [0.5, 0.6) is 0 Å². The Morgan fingerprint density at radius 1 is 1.67 bits per heavy atom. The molecule has 0 bridgehead atoms. The Balaban J connectivity index is 0. The van der Waals surface area contributed by atoms with Gasteiger partial charge in [-0.25, -0.2) is 0 Å². The first-order valence-electron chi connectivity index (χ1n) is 2.22. The Hall–Kier alpha value is 0.130. The molecule has 0 amide bonds. The molecular weight excluding hydrogens is 307 g/mol. The van der Waals surface area contributed by atoms with E-state index >= 15 is 0 Å². The van der Waals surface area contributed by atoms with Crippen molar-refractivity contribution in [2.75, 3.05) is 0 Å². The third-order valence-corrected chi connectivity index (χ3v) is 0.805. The third-order valence-electron chi connectivity index (χ3n) is 0.805. The van der Waals surface area contributed by atoms with Gasteiger partial charge in [-0.15, -0.1) is 0 Å². The first-order valence-corrected chi connectivity index (χ1v) is 2.22. The monoisotopic (exact) mass is 316 g/mol. The van der Waals surface area contributed by atoms with E-state index in [1.807, 2.05) is 0 Å². The maximum atomic E-state index is 9.86. The Morgan fingerprint density at radius 2 is 2.00 bits per heavy atom. The predicted molar refractivity (Wildman–Crippen MR) is 27.3 cm³/mol. The van der Waals surface area contributed by atoms with Gasteiger partial charge >= 0.3 is 5.97 Å². The fourth-order valence-corrected chi connectivity index (χ4v) is 0.206. The van der Waals surface area contributed by atoms with E-state index in [9.17, 15) is 4.79 Å². The molecule has 59 valence electrons. The number of hydrogen-bond donors (Lipinski definition) is 3. The molecule has 0 aliphatic carbocycles. The van der Waals surface area contributed by atoms with E-state index < -0.39 is 18.1 Å². The van der Waals surface area contributed by atoms with Gasteiger partial charge in [-0.2, -0.15) is 0 Å². The van der Waals surface area contributed by atoms with Gasteiger partial charge in [0.15, 0.2) is 0 Å². The van der Waals surface area contributed by atoms with Crippen molar-refractivity contribution >= 4 is 5.97 Å². The van der Waals surface area contributed by atoms with E-state index in [-0.39, 0.29) is 22.4 Å². The molecule has 0 aromatic carbocycles. The van der Waals surface area contributed by atoms with Crippen molar-refractivity contribution in [2.24, 2.45) is 5.73 Å². The maximum Gasteiger partial charge on any atom is 0.323 e. The van der Waals surface area contributed by atoms with Crippen molar-refractivity contribution in [3.8, 4) is 0 Å². The summed E-state index contributed by atoms with van der Waals surface area (Å²) in [4.78, 5) is 9.86. The summed E-state index contributed by atoms with van der Waals surface area (Å²) in [7, 11) is 0. The summed E-state index contributed by atoms with van der Waals surface area (Å²) in [5.74, 6) is -1.18. The molecule has 0 aliphatic heterocycles. The number of rotatable bonds is 2. The molecule has 0 heterocycles. The van der Waals surface area contributed by atoms with Crippen LogP contribution in [0.25, 0.3) is 0 Å². The number of carboxylic acid groups (broad SMARTS) is 1. The predicted octanol–water partition coefficient (Wildman–Crippen LogP) is -1.22. The minimum absolute atomic E-state index is 0. The molecule has 4 nitrogen and oxygen atoms in total. The number of nitrogens with two attached hydrogens (primary N) is 1. The zero-order valence-corrected chi connectivity index (χ0v) is 7.00. The maximum absolute atomic E-state index is 9.86. The molecule has 0 aliphatic rings. The van der Waals surface area contributed by atoms with Crippen molar-refractivity contribution in [1.29, 1.82) is 0 Å².